The lowest BCUT2D eigenvalue weighted by molar-refractivity contribution is -0.274. The van der Waals surface area contributed by atoms with Gasteiger partial charge in [-0.15, -0.1) is 24.5 Å². The Morgan fingerprint density at radius 1 is 1.33 bits per heavy atom. The van der Waals surface area contributed by atoms with Gasteiger partial charge in [0.15, 0.2) is 11.2 Å². The van der Waals surface area contributed by atoms with Crippen molar-refractivity contribution in [1.29, 1.82) is 0 Å². The van der Waals surface area contributed by atoms with Crippen molar-refractivity contribution in [3.8, 4) is 17.0 Å². The number of carbonyl (C=O) groups excluding carboxylic acids is 1. The van der Waals surface area contributed by atoms with Gasteiger partial charge in [-0.2, -0.15) is 0 Å². The Bertz CT molecular complexity index is 807. The highest BCUT2D eigenvalue weighted by Gasteiger charge is 2.31. The Kier molecular flexibility index (Phi) is 3.17. The summed E-state index contributed by atoms with van der Waals surface area (Å²) in [5, 5.41) is 1.77. The number of carbonyl (C=O) groups is 1. The van der Waals surface area contributed by atoms with Gasteiger partial charge in [0.05, 0.1) is 0 Å². The highest BCUT2D eigenvalue weighted by atomic mass is 32.1. The molecule has 0 radical (unpaired) electrons. The summed E-state index contributed by atoms with van der Waals surface area (Å²) < 4.78 is 42.2. The molecule has 3 aromatic rings. The fraction of sp³-hybridized carbons (Fsp3) is 0.0769. The monoisotopic (exact) mass is 312 g/mol. The molecule has 0 aliphatic rings. The number of hydrogen-bond donors (Lipinski definition) is 0. The summed E-state index contributed by atoms with van der Waals surface area (Å²) in [7, 11) is 0. The maximum Gasteiger partial charge on any atom is 0.573 e. The summed E-state index contributed by atoms with van der Waals surface area (Å²) in [6, 6.07) is 5.38. The third kappa shape index (κ3) is 2.62. The fourth-order valence-corrected chi connectivity index (χ4v) is 2.69. The molecule has 2 aromatic heterocycles. The summed E-state index contributed by atoms with van der Waals surface area (Å²) in [6.07, 6.45) is -2.46. The number of aromatic nitrogens is 2. The average molecular weight is 312 g/mol. The van der Waals surface area contributed by atoms with Gasteiger partial charge in [0.25, 0.3) is 0 Å². The highest BCUT2D eigenvalue weighted by Crippen LogP contribution is 2.30. The van der Waals surface area contributed by atoms with E-state index in [0.717, 1.165) is 0 Å². The lowest BCUT2D eigenvalue weighted by Crippen LogP contribution is -2.17. The van der Waals surface area contributed by atoms with Crippen molar-refractivity contribution in [1.82, 2.24) is 9.38 Å². The second-order valence-corrected chi connectivity index (χ2v) is 4.97. The molecule has 2 heterocycles. The molecule has 21 heavy (non-hydrogen) atoms. The van der Waals surface area contributed by atoms with Crippen molar-refractivity contribution in [2.45, 2.75) is 6.36 Å². The van der Waals surface area contributed by atoms with Crippen LogP contribution in [0.5, 0.6) is 5.75 Å². The van der Waals surface area contributed by atoms with Crippen LogP contribution in [-0.2, 0) is 0 Å². The molecule has 0 aliphatic heterocycles. The highest BCUT2D eigenvalue weighted by molar-refractivity contribution is 7.15. The molecule has 0 bridgehead atoms. The van der Waals surface area contributed by atoms with Crippen molar-refractivity contribution >= 4 is 22.6 Å². The number of ether oxygens (including phenoxy) is 1. The number of imidazole rings is 1. The first-order valence-corrected chi connectivity index (χ1v) is 6.63. The summed E-state index contributed by atoms with van der Waals surface area (Å²) >= 11 is 1.33. The van der Waals surface area contributed by atoms with Gasteiger partial charge in [0, 0.05) is 17.1 Å². The minimum Gasteiger partial charge on any atom is -0.406 e. The van der Waals surface area contributed by atoms with E-state index >= 15 is 0 Å². The number of halogens is 3. The van der Waals surface area contributed by atoms with Crippen molar-refractivity contribution in [2.24, 2.45) is 0 Å². The van der Waals surface area contributed by atoms with Gasteiger partial charge < -0.3 is 4.74 Å². The number of fused-ring (bicyclic) bond motifs is 1. The largest absolute Gasteiger partial charge is 0.573 e. The van der Waals surface area contributed by atoms with Crippen molar-refractivity contribution in [2.75, 3.05) is 0 Å². The summed E-state index contributed by atoms with van der Waals surface area (Å²) in [5.74, 6) is -0.354. The molecule has 1 aromatic carbocycles. The third-order valence-electron chi connectivity index (χ3n) is 2.75. The van der Waals surface area contributed by atoms with Crippen LogP contribution >= 0.6 is 11.3 Å². The summed E-state index contributed by atoms with van der Waals surface area (Å²) in [4.78, 5) is 16.1. The molecule has 0 unspecified atom stereocenters. The predicted octanol–water partition coefficient (Wildman–Crippen LogP) is 3.77. The molecule has 0 saturated heterocycles. The van der Waals surface area contributed by atoms with Gasteiger partial charge >= 0.3 is 6.36 Å². The summed E-state index contributed by atoms with van der Waals surface area (Å²) in [5.41, 5.74) is 0.995. The van der Waals surface area contributed by atoms with Crippen LogP contribution in [0.25, 0.3) is 16.2 Å². The lowest BCUT2D eigenvalue weighted by atomic mass is 10.1. The standard InChI is InChI=1S/C13H7F3N2O2S/c14-13(15,16)20-9-3-1-2-8(6-9)11-10(7-19)18-4-5-21-12(18)17-11/h1-7H. The second kappa shape index (κ2) is 4.88. The maximum atomic E-state index is 12.2. The van der Waals surface area contributed by atoms with E-state index in [1.54, 1.807) is 22.0 Å². The molecule has 0 saturated carbocycles. The van der Waals surface area contributed by atoms with E-state index in [4.69, 9.17) is 0 Å². The van der Waals surface area contributed by atoms with Gasteiger partial charge in [-0.3, -0.25) is 9.20 Å². The number of alkyl halides is 3. The molecular formula is C13H7F3N2O2S. The van der Waals surface area contributed by atoms with Crippen LogP contribution in [0.4, 0.5) is 13.2 Å². The molecule has 0 aliphatic carbocycles. The fourth-order valence-electron chi connectivity index (χ4n) is 1.97. The lowest BCUT2D eigenvalue weighted by Gasteiger charge is -2.09. The zero-order valence-corrected chi connectivity index (χ0v) is 11.1. The normalized spacial score (nSPS) is 11.8. The molecule has 0 fully saturated rings. The van der Waals surface area contributed by atoms with Crippen molar-refractivity contribution < 1.29 is 22.7 Å². The van der Waals surface area contributed by atoms with E-state index < -0.39 is 6.36 Å². The Balaban J connectivity index is 2.08. The van der Waals surface area contributed by atoms with E-state index in [1.807, 2.05) is 0 Å². The first kappa shape index (κ1) is 13.6. The van der Waals surface area contributed by atoms with E-state index in [9.17, 15) is 18.0 Å². The molecular weight excluding hydrogens is 305 g/mol. The van der Waals surface area contributed by atoms with E-state index in [2.05, 4.69) is 9.72 Å². The predicted molar refractivity (Wildman–Crippen MR) is 70.6 cm³/mol. The van der Waals surface area contributed by atoms with Gasteiger partial charge in [-0.1, -0.05) is 12.1 Å². The van der Waals surface area contributed by atoms with Crippen LogP contribution in [-0.4, -0.2) is 22.0 Å². The Morgan fingerprint density at radius 2 is 2.14 bits per heavy atom. The third-order valence-corrected chi connectivity index (χ3v) is 3.51. The van der Waals surface area contributed by atoms with Gasteiger partial charge in [-0.25, -0.2) is 4.98 Å². The van der Waals surface area contributed by atoms with Crippen LogP contribution in [0.3, 0.4) is 0 Å². The molecule has 108 valence electrons. The Labute approximate surface area is 120 Å². The summed E-state index contributed by atoms with van der Waals surface area (Å²) in [6.45, 7) is 0. The number of aldehydes is 1. The molecule has 0 spiro atoms. The quantitative estimate of drug-likeness (QED) is 0.691. The van der Waals surface area contributed by atoms with Gasteiger partial charge in [-0.05, 0) is 12.1 Å². The zero-order chi connectivity index (χ0) is 15.0. The smallest absolute Gasteiger partial charge is 0.406 e. The minimum atomic E-state index is -4.76. The number of rotatable bonds is 3. The molecule has 0 atom stereocenters. The number of thiazole rings is 1. The number of hydrogen-bond acceptors (Lipinski definition) is 4. The Hall–Kier alpha value is -2.35. The van der Waals surface area contributed by atoms with Gasteiger partial charge in [0.1, 0.15) is 17.1 Å². The molecule has 0 amide bonds. The van der Waals surface area contributed by atoms with Crippen molar-refractivity contribution in [3.63, 3.8) is 0 Å². The Morgan fingerprint density at radius 3 is 2.86 bits per heavy atom. The molecule has 4 nitrogen and oxygen atoms in total. The number of nitrogens with zero attached hydrogens (tertiary/aromatic N) is 2. The topological polar surface area (TPSA) is 43.6 Å². The van der Waals surface area contributed by atoms with E-state index in [0.29, 0.717) is 22.5 Å². The average Bonchev–Trinajstić information content (AvgIpc) is 2.96. The van der Waals surface area contributed by atoms with Crippen LogP contribution < -0.4 is 4.74 Å². The molecule has 3 rings (SSSR count). The van der Waals surface area contributed by atoms with Crippen LogP contribution in [0.15, 0.2) is 35.8 Å². The van der Waals surface area contributed by atoms with E-state index in [1.165, 1.54) is 29.5 Å². The number of benzene rings is 1. The van der Waals surface area contributed by atoms with Crippen LogP contribution in [0.2, 0.25) is 0 Å². The SMILES string of the molecule is O=Cc1c(-c2cccc(OC(F)(F)F)c2)nc2sccn12. The van der Waals surface area contributed by atoms with Crippen LogP contribution in [0.1, 0.15) is 10.5 Å². The first-order chi connectivity index (χ1) is 9.98. The molecule has 0 N–H and O–H groups in total. The van der Waals surface area contributed by atoms with Crippen LogP contribution in [0, 0.1) is 0 Å². The first-order valence-electron chi connectivity index (χ1n) is 5.75. The second-order valence-electron chi connectivity index (χ2n) is 4.09. The molecule has 8 heteroatoms. The van der Waals surface area contributed by atoms with Gasteiger partial charge in [0.2, 0.25) is 0 Å². The van der Waals surface area contributed by atoms with E-state index in [-0.39, 0.29) is 11.4 Å². The van der Waals surface area contributed by atoms with Crippen molar-refractivity contribution in [3.05, 3.63) is 41.5 Å². The maximum absolute atomic E-state index is 12.2. The zero-order valence-electron chi connectivity index (χ0n) is 10.3. The minimum absolute atomic E-state index is 0.287.